The van der Waals surface area contributed by atoms with Gasteiger partial charge >= 0.3 is 6.18 Å². The van der Waals surface area contributed by atoms with E-state index in [0.29, 0.717) is 16.2 Å². The summed E-state index contributed by atoms with van der Waals surface area (Å²) in [5.74, 6) is 4.56. The number of hydrogen-bond acceptors (Lipinski definition) is 3. The molecule has 1 N–H and O–H groups in total. The molecule has 1 aromatic carbocycles. The Morgan fingerprint density at radius 3 is 2.62 bits per heavy atom. The quantitative estimate of drug-likeness (QED) is 0.864. The Hall–Kier alpha value is -2.20. The van der Waals surface area contributed by atoms with Gasteiger partial charge in [-0.25, -0.2) is 0 Å². The van der Waals surface area contributed by atoms with Crippen LogP contribution < -0.4 is 4.74 Å². The normalized spacial score (nSPS) is 10.6. The number of aliphatic hydroxyl groups is 1. The van der Waals surface area contributed by atoms with Gasteiger partial charge in [0, 0.05) is 12.6 Å². The van der Waals surface area contributed by atoms with Gasteiger partial charge in [0.25, 0.3) is 5.91 Å². The second kappa shape index (κ2) is 6.99. The van der Waals surface area contributed by atoms with E-state index in [1.165, 1.54) is 25.3 Å². The Bertz CT molecular complexity index is 573. The van der Waals surface area contributed by atoms with Crippen molar-refractivity contribution in [2.24, 2.45) is 0 Å². The zero-order chi connectivity index (χ0) is 16.0. The summed E-state index contributed by atoms with van der Waals surface area (Å²) in [6.07, 6.45) is -4.46. The molecule has 0 aromatic heterocycles. The summed E-state index contributed by atoms with van der Waals surface area (Å²) in [5, 5.41) is 8.67. The van der Waals surface area contributed by atoms with E-state index in [1.54, 1.807) is 0 Å². The molecule has 0 saturated carbocycles. The van der Waals surface area contributed by atoms with Crippen LogP contribution in [0.1, 0.15) is 15.9 Å². The summed E-state index contributed by atoms with van der Waals surface area (Å²) in [6.45, 7) is -1.72. The molecule has 21 heavy (non-hydrogen) atoms. The number of methoxy groups -OCH3 is 1. The number of halogens is 3. The molecule has 0 heterocycles. The molecule has 0 aliphatic heterocycles. The van der Waals surface area contributed by atoms with Gasteiger partial charge in [-0.3, -0.25) is 4.79 Å². The third kappa shape index (κ3) is 5.00. The fraction of sp³-hybridized carbons (Fsp3) is 0.357. The van der Waals surface area contributed by atoms with Crippen molar-refractivity contribution in [2.45, 2.75) is 6.18 Å². The first-order valence-electron chi connectivity index (χ1n) is 5.88. The Balaban J connectivity index is 3.05. The van der Waals surface area contributed by atoms with Gasteiger partial charge in [-0.1, -0.05) is 11.8 Å². The Morgan fingerprint density at radius 2 is 2.10 bits per heavy atom. The zero-order valence-electron chi connectivity index (χ0n) is 11.5. The highest BCUT2D eigenvalue weighted by atomic mass is 19.4. The third-order valence-corrected chi connectivity index (χ3v) is 2.51. The summed E-state index contributed by atoms with van der Waals surface area (Å²) in [7, 11) is 2.47. The van der Waals surface area contributed by atoms with Crippen LogP contribution in [-0.2, 0) is 0 Å². The molecule has 114 valence electrons. The van der Waals surface area contributed by atoms with Crippen LogP contribution in [0.2, 0.25) is 0 Å². The van der Waals surface area contributed by atoms with E-state index in [9.17, 15) is 18.0 Å². The van der Waals surface area contributed by atoms with Crippen molar-refractivity contribution >= 4 is 5.91 Å². The molecule has 0 saturated heterocycles. The van der Waals surface area contributed by atoms with E-state index < -0.39 is 18.6 Å². The van der Waals surface area contributed by atoms with Crippen molar-refractivity contribution in [2.75, 3.05) is 27.3 Å². The number of aliphatic hydroxyl groups excluding tert-OH is 1. The van der Waals surface area contributed by atoms with Gasteiger partial charge in [0.05, 0.1) is 12.7 Å². The fourth-order valence-corrected chi connectivity index (χ4v) is 1.63. The number of ether oxygens (including phenoxy) is 1. The summed E-state index contributed by atoms with van der Waals surface area (Å²) in [6, 6.07) is 4.13. The molecule has 0 aliphatic carbocycles. The lowest BCUT2D eigenvalue weighted by molar-refractivity contribution is -0.138. The van der Waals surface area contributed by atoms with E-state index in [4.69, 9.17) is 9.84 Å². The van der Waals surface area contributed by atoms with Crippen LogP contribution in [0.4, 0.5) is 13.2 Å². The van der Waals surface area contributed by atoms with E-state index in [0.717, 1.165) is 7.05 Å². The molecule has 4 nitrogen and oxygen atoms in total. The topological polar surface area (TPSA) is 49.8 Å². The van der Waals surface area contributed by atoms with Gasteiger partial charge in [0.1, 0.15) is 18.9 Å². The first-order valence-corrected chi connectivity index (χ1v) is 5.88. The van der Waals surface area contributed by atoms with Crippen LogP contribution in [0, 0.1) is 11.8 Å². The number of rotatable bonds is 3. The van der Waals surface area contributed by atoms with Crippen LogP contribution in [0.5, 0.6) is 5.75 Å². The van der Waals surface area contributed by atoms with Gasteiger partial charge in [-0.15, -0.1) is 0 Å². The van der Waals surface area contributed by atoms with Crippen LogP contribution in [0.25, 0.3) is 0 Å². The highest BCUT2D eigenvalue weighted by Gasteiger charge is 2.31. The van der Waals surface area contributed by atoms with Gasteiger partial charge in [0.2, 0.25) is 0 Å². The van der Waals surface area contributed by atoms with Gasteiger partial charge < -0.3 is 14.7 Å². The Morgan fingerprint density at radius 1 is 1.43 bits per heavy atom. The number of carbonyl (C=O) groups excluding carboxylic acids is 1. The Kier molecular flexibility index (Phi) is 5.61. The van der Waals surface area contributed by atoms with Crippen molar-refractivity contribution in [1.82, 2.24) is 4.90 Å². The number of amides is 1. The predicted molar refractivity (Wildman–Crippen MR) is 70.0 cm³/mol. The van der Waals surface area contributed by atoms with Gasteiger partial charge in [0.15, 0.2) is 0 Å². The number of hydrogen-bond donors (Lipinski definition) is 1. The van der Waals surface area contributed by atoms with Crippen LogP contribution in [-0.4, -0.2) is 49.4 Å². The smallest absolute Gasteiger partial charge is 0.406 e. The first kappa shape index (κ1) is 16.9. The lowest BCUT2D eigenvalue weighted by Gasteiger charge is -2.19. The highest BCUT2D eigenvalue weighted by Crippen LogP contribution is 2.21. The zero-order valence-corrected chi connectivity index (χ0v) is 11.5. The minimum atomic E-state index is -4.46. The summed E-state index contributed by atoms with van der Waals surface area (Å²) in [4.78, 5) is 12.5. The molecule has 0 radical (unpaired) electrons. The molecule has 1 amide bonds. The molecule has 1 aromatic rings. The average Bonchev–Trinajstić information content (AvgIpc) is 2.42. The lowest BCUT2D eigenvalue weighted by Crippen LogP contribution is -2.35. The van der Waals surface area contributed by atoms with E-state index >= 15 is 0 Å². The highest BCUT2D eigenvalue weighted by molar-refractivity contribution is 5.94. The monoisotopic (exact) mass is 301 g/mol. The maximum atomic E-state index is 12.3. The average molecular weight is 301 g/mol. The van der Waals surface area contributed by atoms with Crippen molar-refractivity contribution in [3.63, 3.8) is 0 Å². The van der Waals surface area contributed by atoms with E-state index in [1.807, 2.05) is 0 Å². The summed E-state index contributed by atoms with van der Waals surface area (Å²) < 4.78 is 41.9. The molecule has 0 bridgehead atoms. The molecule has 0 fully saturated rings. The minimum Gasteiger partial charge on any atom is -0.495 e. The standard InChI is InChI=1S/C14H14F3NO3/c1-18(9-14(15,16)17)13(20)11-5-6-12(21-2)10(8-11)4-3-7-19/h5-6,8,19H,7,9H2,1-2H3. The summed E-state index contributed by atoms with van der Waals surface area (Å²) in [5.41, 5.74) is 0.377. The van der Waals surface area contributed by atoms with Crippen LogP contribution >= 0.6 is 0 Å². The van der Waals surface area contributed by atoms with Gasteiger partial charge in [-0.05, 0) is 18.2 Å². The van der Waals surface area contributed by atoms with Crippen molar-refractivity contribution in [3.05, 3.63) is 29.3 Å². The third-order valence-electron chi connectivity index (χ3n) is 2.51. The molecule has 0 aliphatic rings. The van der Waals surface area contributed by atoms with E-state index in [-0.39, 0.29) is 12.2 Å². The van der Waals surface area contributed by atoms with Crippen molar-refractivity contribution < 1.29 is 27.8 Å². The number of carbonyl (C=O) groups is 1. The SMILES string of the molecule is COc1ccc(C(=O)N(C)CC(F)(F)F)cc1C#CCO. The second-order valence-electron chi connectivity index (χ2n) is 4.15. The molecule has 7 heteroatoms. The molecular formula is C14H14F3NO3. The minimum absolute atomic E-state index is 0.0600. The van der Waals surface area contributed by atoms with Gasteiger partial charge in [-0.2, -0.15) is 13.2 Å². The molecular weight excluding hydrogens is 287 g/mol. The van der Waals surface area contributed by atoms with Crippen LogP contribution in [0.15, 0.2) is 18.2 Å². The molecule has 0 unspecified atom stereocenters. The maximum Gasteiger partial charge on any atom is 0.406 e. The van der Waals surface area contributed by atoms with Crippen LogP contribution in [0.3, 0.4) is 0 Å². The number of nitrogens with zero attached hydrogens (tertiary/aromatic N) is 1. The first-order chi connectivity index (χ1) is 9.78. The van der Waals surface area contributed by atoms with E-state index in [2.05, 4.69) is 11.8 Å². The molecule has 0 atom stereocenters. The number of benzene rings is 1. The maximum absolute atomic E-state index is 12.3. The molecule has 0 spiro atoms. The van der Waals surface area contributed by atoms with Crippen molar-refractivity contribution in [3.8, 4) is 17.6 Å². The second-order valence-corrected chi connectivity index (χ2v) is 4.15. The largest absolute Gasteiger partial charge is 0.495 e. The molecule has 1 rings (SSSR count). The number of alkyl halides is 3. The van der Waals surface area contributed by atoms with Crippen molar-refractivity contribution in [1.29, 1.82) is 0 Å². The summed E-state index contributed by atoms with van der Waals surface area (Å²) >= 11 is 0. The Labute approximate surface area is 120 Å². The predicted octanol–water partition coefficient (Wildman–Crippen LogP) is 1.67. The fourth-order valence-electron chi connectivity index (χ4n) is 1.63. The lowest BCUT2D eigenvalue weighted by atomic mass is 10.1.